The first-order chi connectivity index (χ1) is 6.65. The summed E-state index contributed by atoms with van der Waals surface area (Å²) in [6, 6.07) is 1.85. The number of aryl methyl sites for hydroxylation is 1. The van der Waals surface area contributed by atoms with Crippen molar-refractivity contribution in [3.05, 3.63) is 27.1 Å². The Labute approximate surface area is 96.8 Å². The van der Waals surface area contributed by atoms with Gasteiger partial charge in [-0.25, -0.2) is 4.68 Å². The van der Waals surface area contributed by atoms with E-state index >= 15 is 0 Å². The molecule has 0 radical (unpaired) electrons. The van der Waals surface area contributed by atoms with Crippen LogP contribution in [0.15, 0.2) is 19.7 Å². The topological polar surface area (TPSA) is 56.7 Å². The molecule has 0 N–H and O–H groups in total. The van der Waals surface area contributed by atoms with Crippen molar-refractivity contribution in [2.45, 2.75) is 13.5 Å². The van der Waals surface area contributed by atoms with Gasteiger partial charge in [0.1, 0.15) is 15.8 Å². The average molecular weight is 322 g/mol. The molecule has 0 fully saturated rings. The van der Waals surface area contributed by atoms with E-state index in [4.69, 9.17) is 4.42 Å². The fraction of sp³-hybridized carbons (Fsp3) is 0.286. The van der Waals surface area contributed by atoms with Crippen molar-refractivity contribution in [3.8, 4) is 0 Å². The summed E-state index contributed by atoms with van der Waals surface area (Å²) in [6.07, 6.45) is 0. The molecule has 0 saturated heterocycles. The SMILES string of the molecule is Cc1nnc(Cn2nc(Br)cc2Br)o1. The lowest BCUT2D eigenvalue weighted by molar-refractivity contribution is 0.441. The zero-order chi connectivity index (χ0) is 10.1. The normalized spacial score (nSPS) is 10.8. The highest BCUT2D eigenvalue weighted by atomic mass is 79.9. The van der Waals surface area contributed by atoms with Gasteiger partial charge in [-0.05, 0) is 31.9 Å². The van der Waals surface area contributed by atoms with Crippen molar-refractivity contribution in [2.75, 3.05) is 0 Å². The Bertz CT molecular complexity index is 450. The van der Waals surface area contributed by atoms with Gasteiger partial charge >= 0.3 is 0 Å². The Morgan fingerprint density at radius 1 is 1.43 bits per heavy atom. The second kappa shape index (κ2) is 3.82. The minimum absolute atomic E-state index is 0.465. The molecule has 0 atom stereocenters. The van der Waals surface area contributed by atoms with Crippen LogP contribution < -0.4 is 0 Å². The Morgan fingerprint density at radius 3 is 2.71 bits per heavy atom. The second-order valence-corrected chi connectivity index (χ2v) is 4.29. The summed E-state index contributed by atoms with van der Waals surface area (Å²) < 4.78 is 8.58. The minimum Gasteiger partial charge on any atom is -0.424 e. The molecular formula is C7H6Br2N4O. The minimum atomic E-state index is 0.465. The van der Waals surface area contributed by atoms with E-state index in [1.54, 1.807) is 11.6 Å². The van der Waals surface area contributed by atoms with Gasteiger partial charge in [0.2, 0.25) is 11.8 Å². The fourth-order valence-corrected chi connectivity index (χ4v) is 2.14. The van der Waals surface area contributed by atoms with Gasteiger partial charge in [0, 0.05) is 13.0 Å². The van der Waals surface area contributed by atoms with Crippen LogP contribution in [0.5, 0.6) is 0 Å². The monoisotopic (exact) mass is 320 g/mol. The third kappa shape index (κ3) is 2.03. The van der Waals surface area contributed by atoms with Crippen molar-refractivity contribution in [1.29, 1.82) is 0 Å². The van der Waals surface area contributed by atoms with Crippen LogP contribution in [0.3, 0.4) is 0 Å². The Hall–Kier alpha value is -0.690. The average Bonchev–Trinajstić information content (AvgIpc) is 2.61. The Balaban J connectivity index is 2.22. The molecular weight excluding hydrogens is 316 g/mol. The molecule has 0 saturated carbocycles. The summed E-state index contributed by atoms with van der Waals surface area (Å²) in [6.45, 7) is 2.22. The van der Waals surface area contributed by atoms with E-state index in [1.807, 2.05) is 6.07 Å². The molecule has 2 heterocycles. The molecule has 2 aromatic rings. The van der Waals surface area contributed by atoms with Crippen LogP contribution in [0.25, 0.3) is 0 Å². The Morgan fingerprint density at radius 2 is 2.21 bits per heavy atom. The predicted octanol–water partition coefficient (Wildman–Crippen LogP) is 2.15. The van der Waals surface area contributed by atoms with Gasteiger partial charge in [0.25, 0.3) is 0 Å². The van der Waals surface area contributed by atoms with Crippen LogP contribution in [0.2, 0.25) is 0 Å². The number of halogens is 2. The quantitative estimate of drug-likeness (QED) is 0.850. The molecule has 2 aromatic heterocycles. The lowest BCUT2D eigenvalue weighted by Crippen LogP contribution is -2.02. The highest BCUT2D eigenvalue weighted by Gasteiger charge is 2.08. The van der Waals surface area contributed by atoms with Gasteiger partial charge in [0.05, 0.1) is 0 Å². The fourth-order valence-electron chi connectivity index (χ4n) is 1.01. The summed E-state index contributed by atoms with van der Waals surface area (Å²) in [5.41, 5.74) is 0. The standard InChI is InChI=1S/C7H6Br2N4O/c1-4-10-11-7(14-4)3-13-6(9)2-5(8)12-13/h2H,3H2,1H3. The molecule has 0 amide bonds. The lowest BCUT2D eigenvalue weighted by Gasteiger charge is -1.97. The Kier molecular flexibility index (Phi) is 2.69. The summed E-state index contributed by atoms with van der Waals surface area (Å²) >= 11 is 6.63. The number of hydrogen-bond donors (Lipinski definition) is 0. The maximum Gasteiger partial charge on any atom is 0.237 e. The third-order valence-electron chi connectivity index (χ3n) is 1.55. The van der Waals surface area contributed by atoms with Crippen LogP contribution in [0.1, 0.15) is 11.8 Å². The van der Waals surface area contributed by atoms with Gasteiger partial charge in [-0.15, -0.1) is 10.2 Å². The van der Waals surface area contributed by atoms with E-state index in [0.29, 0.717) is 18.3 Å². The summed E-state index contributed by atoms with van der Waals surface area (Å²) in [5.74, 6) is 1.10. The zero-order valence-corrected chi connectivity index (χ0v) is 10.4. The first kappa shape index (κ1) is 9.85. The van der Waals surface area contributed by atoms with Crippen molar-refractivity contribution in [2.24, 2.45) is 0 Å². The highest BCUT2D eigenvalue weighted by Crippen LogP contribution is 2.17. The number of aromatic nitrogens is 4. The maximum absolute atomic E-state index is 5.23. The van der Waals surface area contributed by atoms with Crippen molar-refractivity contribution in [1.82, 2.24) is 20.0 Å². The maximum atomic E-state index is 5.23. The van der Waals surface area contributed by atoms with Gasteiger partial charge in [-0.3, -0.25) is 0 Å². The van der Waals surface area contributed by atoms with Crippen LogP contribution in [-0.2, 0) is 6.54 Å². The number of hydrogen-bond acceptors (Lipinski definition) is 4. The smallest absolute Gasteiger partial charge is 0.237 e. The summed E-state index contributed by atoms with van der Waals surface area (Å²) in [4.78, 5) is 0. The van der Waals surface area contributed by atoms with Crippen LogP contribution in [0, 0.1) is 6.92 Å². The first-order valence-corrected chi connectivity index (χ1v) is 5.41. The first-order valence-electron chi connectivity index (χ1n) is 3.83. The molecule has 5 nitrogen and oxygen atoms in total. The largest absolute Gasteiger partial charge is 0.424 e. The van der Waals surface area contributed by atoms with Crippen LogP contribution in [-0.4, -0.2) is 20.0 Å². The second-order valence-electron chi connectivity index (χ2n) is 2.66. The van der Waals surface area contributed by atoms with E-state index in [0.717, 1.165) is 9.21 Å². The molecule has 2 rings (SSSR count). The van der Waals surface area contributed by atoms with E-state index in [9.17, 15) is 0 Å². The van der Waals surface area contributed by atoms with Gasteiger partial charge < -0.3 is 4.42 Å². The lowest BCUT2D eigenvalue weighted by atomic mass is 10.6. The van der Waals surface area contributed by atoms with E-state index < -0.39 is 0 Å². The molecule has 74 valence electrons. The van der Waals surface area contributed by atoms with Gasteiger partial charge in [0.15, 0.2) is 0 Å². The number of rotatable bonds is 2. The molecule has 0 aliphatic heterocycles. The summed E-state index contributed by atoms with van der Waals surface area (Å²) in [7, 11) is 0. The van der Waals surface area contributed by atoms with Crippen molar-refractivity contribution in [3.63, 3.8) is 0 Å². The molecule has 0 aliphatic carbocycles. The molecule has 7 heteroatoms. The van der Waals surface area contributed by atoms with Gasteiger partial charge in [-0.1, -0.05) is 0 Å². The molecule has 14 heavy (non-hydrogen) atoms. The zero-order valence-electron chi connectivity index (χ0n) is 7.24. The highest BCUT2D eigenvalue weighted by molar-refractivity contribution is 9.11. The predicted molar refractivity (Wildman–Crippen MR) is 55.8 cm³/mol. The van der Waals surface area contributed by atoms with Crippen molar-refractivity contribution < 1.29 is 4.42 Å². The number of nitrogens with zero attached hydrogens (tertiary/aromatic N) is 4. The van der Waals surface area contributed by atoms with Crippen LogP contribution in [0.4, 0.5) is 0 Å². The third-order valence-corrected chi connectivity index (χ3v) is 2.58. The van der Waals surface area contributed by atoms with Gasteiger partial charge in [-0.2, -0.15) is 5.10 Å². The molecule has 0 aliphatic rings. The molecule has 0 unspecified atom stereocenters. The molecule has 0 bridgehead atoms. The molecule has 0 aromatic carbocycles. The van der Waals surface area contributed by atoms with E-state index in [1.165, 1.54) is 0 Å². The summed E-state index contributed by atoms with van der Waals surface area (Å²) in [5, 5.41) is 11.8. The molecule has 0 spiro atoms. The van der Waals surface area contributed by atoms with E-state index in [2.05, 4.69) is 47.2 Å². The van der Waals surface area contributed by atoms with E-state index in [-0.39, 0.29) is 0 Å². The van der Waals surface area contributed by atoms with Crippen molar-refractivity contribution >= 4 is 31.9 Å². The van der Waals surface area contributed by atoms with Crippen LogP contribution >= 0.6 is 31.9 Å².